The lowest BCUT2D eigenvalue weighted by atomic mass is 10.1. The molecule has 1 aliphatic rings. The fourth-order valence-corrected chi connectivity index (χ4v) is 2.89. The van der Waals surface area contributed by atoms with Crippen molar-refractivity contribution in [2.24, 2.45) is 0 Å². The molecule has 1 aromatic heterocycles. The molecule has 0 radical (unpaired) electrons. The first-order valence-corrected chi connectivity index (χ1v) is 7.21. The van der Waals surface area contributed by atoms with Crippen LogP contribution in [0.25, 0.3) is 10.9 Å². The Morgan fingerprint density at radius 2 is 2.05 bits per heavy atom. The molecule has 1 aliphatic heterocycles. The van der Waals surface area contributed by atoms with E-state index in [1.165, 1.54) is 0 Å². The summed E-state index contributed by atoms with van der Waals surface area (Å²) in [5, 5.41) is 10.6. The van der Waals surface area contributed by atoms with E-state index in [1.807, 2.05) is 18.2 Å². The zero-order valence-electron chi connectivity index (χ0n) is 10.5. The number of hydrogen-bond donors (Lipinski definition) is 2. The second-order valence-electron chi connectivity index (χ2n) is 4.94. The van der Waals surface area contributed by atoms with Crippen molar-refractivity contribution in [2.75, 3.05) is 23.7 Å². The maximum atomic E-state index is 9.60. The lowest BCUT2D eigenvalue weighted by Crippen LogP contribution is -2.35. The zero-order chi connectivity index (χ0) is 13.4. The quantitative estimate of drug-likeness (QED) is 0.792. The summed E-state index contributed by atoms with van der Waals surface area (Å²) in [6.07, 6.45) is 3.24. The summed E-state index contributed by atoms with van der Waals surface area (Å²) in [6, 6.07) is 5.95. The van der Waals surface area contributed by atoms with Crippen LogP contribution in [0.1, 0.15) is 12.8 Å². The fourth-order valence-electron chi connectivity index (χ4n) is 2.56. The summed E-state index contributed by atoms with van der Waals surface area (Å²) in [5.74, 6) is 0. The van der Waals surface area contributed by atoms with E-state index in [-0.39, 0.29) is 6.10 Å². The SMILES string of the molecule is Nc1ccc(N2CCC(O)CC2)c2ncc(Br)cc12. The number of aliphatic hydroxyl groups is 1. The standard InChI is InChI=1S/C14H16BrN3O/c15-9-7-11-12(16)1-2-13(14(11)17-8-9)18-5-3-10(19)4-6-18/h1-2,7-8,10,19H,3-6,16H2. The van der Waals surface area contributed by atoms with E-state index >= 15 is 0 Å². The Morgan fingerprint density at radius 3 is 2.79 bits per heavy atom. The van der Waals surface area contributed by atoms with Gasteiger partial charge in [0.15, 0.2) is 0 Å². The van der Waals surface area contributed by atoms with Crippen LogP contribution in [0, 0.1) is 0 Å². The van der Waals surface area contributed by atoms with Crippen LogP contribution in [0.5, 0.6) is 0 Å². The normalized spacial score (nSPS) is 17.1. The first-order chi connectivity index (χ1) is 9.15. The number of aliphatic hydroxyl groups excluding tert-OH is 1. The van der Waals surface area contributed by atoms with Crippen LogP contribution in [0.2, 0.25) is 0 Å². The monoisotopic (exact) mass is 321 g/mol. The number of fused-ring (bicyclic) bond motifs is 1. The number of pyridine rings is 1. The Labute approximate surface area is 120 Å². The Balaban J connectivity index is 2.07. The van der Waals surface area contributed by atoms with Crippen LogP contribution in [0.15, 0.2) is 28.9 Å². The van der Waals surface area contributed by atoms with Gasteiger partial charge >= 0.3 is 0 Å². The molecule has 0 amide bonds. The predicted molar refractivity (Wildman–Crippen MR) is 81.3 cm³/mol. The first kappa shape index (κ1) is 12.7. The number of piperidine rings is 1. The average Bonchev–Trinajstić information content (AvgIpc) is 2.41. The van der Waals surface area contributed by atoms with Crippen molar-refractivity contribution in [3.05, 3.63) is 28.9 Å². The Morgan fingerprint density at radius 1 is 1.32 bits per heavy atom. The van der Waals surface area contributed by atoms with Crippen LogP contribution in [-0.4, -0.2) is 29.3 Å². The van der Waals surface area contributed by atoms with Crippen LogP contribution in [-0.2, 0) is 0 Å². The highest BCUT2D eigenvalue weighted by Crippen LogP contribution is 2.32. The topological polar surface area (TPSA) is 62.4 Å². The highest BCUT2D eigenvalue weighted by Gasteiger charge is 2.19. The van der Waals surface area contributed by atoms with Crippen molar-refractivity contribution < 1.29 is 5.11 Å². The summed E-state index contributed by atoms with van der Waals surface area (Å²) >= 11 is 3.43. The van der Waals surface area contributed by atoms with E-state index in [1.54, 1.807) is 6.20 Å². The van der Waals surface area contributed by atoms with Crippen molar-refractivity contribution in [2.45, 2.75) is 18.9 Å². The second-order valence-corrected chi connectivity index (χ2v) is 5.86. The lowest BCUT2D eigenvalue weighted by Gasteiger charge is -2.32. The summed E-state index contributed by atoms with van der Waals surface area (Å²) in [7, 11) is 0. The Kier molecular flexibility index (Phi) is 3.33. The van der Waals surface area contributed by atoms with Gasteiger partial charge < -0.3 is 15.7 Å². The minimum absolute atomic E-state index is 0.168. The summed E-state index contributed by atoms with van der Waals surface area (Å²) in [5.41, 5.74) is 8.80. The molecular formula is C14H16BrN3O. The molecule has 0 spiro atoms. The number of rotatable bonds is 1. The molecule has 0 aliphatic carbocycles. The van der Waals surface area contributed by atoms with Gasteiger partial charge in [-0.05, 0) is 47.0 Å². The highest BCUT2D eigenvalue weighted by atomic mass is 79.9. The van der Waals surface area contributed by atoms with Crippen molar-refractivity contribution in [1.82, 2.24) is 4.98 Å². The van der Waals surface area contributed by atoms with Gasteiger partial charge in [0.1, 0.15) is 0 Å². The highest BCUT2D eigenvalue weighted by molar-refractivity contribution is 9.10. The van der Waals surface area contributed by atoms with E-state index in [0.717, 1.165) is 52.7 Å². The van der Waals surface area contributed by atoms with E-state index in [2.05, 4.69) is 25.8 Å². The molecule has 0 atom stereocenters. The minimum atomic E-state index is -0.168. The predicted octanol–water partition coefficient (Wildman–Crippen LogP) is 2.54. The van der Waals surface area contributed by atoms with Crippen molar-refractivity contribution in [3.8, 4) is 0 Å². The Hall–Kier alpha value is -1.33. The van der Waals surface area contributed by atoms with Gasteiger partial charge in [-0.25, -0.2) is 0 Å². The molecule has 0 bridgehead atoms. The maximum Gasteiger partial charge on any atom is 0.0956 e. The van der Waals surface area contributed by atoms with Gasteiger partial charge in [-0.3, -0.25) is 4.98 Å². The average molecular weight is 322 g/mol. The number of benzene rings is 1. The van der Waals surface area contributed by atoms with Gasteiger partial charge in [0.05, 0.1) is 17.3 Å². The van der Waals surface area contributed by atoms with Gasteiger partial charge in [0, 0.05) is 34.8 Å². The summed E-state index contributed by atoms with van der Waals surface area (Å²) in [6.45, 7) is 1.72. The Bertz CT molecular complexity index is 609. The first-order valence-electron chi connectivity index (χ1n) is 6.42. The molecule has 0 saturated carbocycles. The second kappa shape index (κ2) is 4.98. The molecule has 2 heterocycles. The van der Waals surface area contributed by atoms with E-state index in [0.29, 0.717) is 0 Å². The zero-order valence-corrected chi connectivity index (χ0v) is 12.1. The number of nitrogens with zero attached hydrogens (tertiary/aromatic N) is 2. The van der Waals surface area contributed by atoms with Crippen LogP contribution in [0.3, 0.4) is 0 Å². The third-order valence-corrected chi connectivity index (χ3v) is 4.07. The van der Waals surface area contributed by atoms with Crippen molar-refractivity contribution in [3.63, 3.8) is 0 Å². The molecule has 100 valence electrons. The maximum absolute atomic E-state index is 9.60. The van der Waals surface area contributed by atoms with Crippen LogP contribution < -0.4 is 10.6 Å². The van der Waals surface area contributed by atoms with Crippen molar-refractivity contribution >= 4 is 38.2 Å². The van der Waals surface area contributed by atoms with E-state index < -0.39 is 0 Å². The molecule has 2 aromatic rings. The molecule has 1 fully saturated rings. The van der Waals surface area contributed by atoms with E-state index in [9.17, 15) is 5.11 Å². The molecule has 0 unspecified atom stereocenters. The van der Waals surface area contributed by atoms with Gasteiger partial charge in [0.25, 0.3) is 0 Å². The molecular weight excluding hydrogens is 306 g/mol. The molecule has 5 heteroatoms. The molecule has 3 N–H and O–H groups in total. The third-order valence-electron chi connectivity index (χ3n) is 3.63. The number of nitrogens with two attached hydrogens (primary N) is 1. The van der Waals surface area contributed by atoms with Crippen LogP contribution >= 0.6 is 15.9 Å². The summed E-state index contributed by atoms with van der Waals surface area (Å²) in [4.78, 5) is 6.78. The van der Waals surface area contributed by atoms with Crippen molar-refractivity contribution in [1.29, 1.82) is 0 Å². The number of hydrogen-bond acceptors (Lipinski definition) is 4. The molecule has 1 aromatic carbocycles. The van der Waals surface area contributed by atoms with Gasteiger partial charge in [-0.1, -0.05) is 0 Å². The van der Waals surface area contributed by atoms with Gasteiger partial charge in [-0.2, -0.15) is 0 Å². The smallest absolute Gasteiger partial charge is 0.0956 e. The molecule has 4 nitrogen and oxygen atoms in total. The molecule has 3 rings (SSSR count). The van der Waals surface area contributed by atoms with Gasteiger partial charge in [0.2, 0.25) is 0 Å². The number of halogens is 1. The summed E-state index contributed by atoms with van der Waals surface area (Å²) < 4.78 is 0.929. The van der Waals surface area contributed by atoms with Crippen LogP contribution in [0.4, 0.5) is 11.4 Å². The molecule has 19 heavy (non-hydrogen) atoms. The largest absolute Gasteiger partial charge is 0.398 e. The third kappa shape index (κ3) is 2.40. The number of nitrogen functional groups attached to an aromatic ring is 1. The molecule has 1 saturated heterocycles. The number of anilines is 2. The lowest BCUT2D eigenvalue weighted by molar-refractivity contribution is 0.145. The van der Waals surface area contributed by atoms with Gasteiger partial charge in [-0.15, -0.1) is 0 Å². The van der Waals surface area contributed by atoms with E-state index in [4.69, 9.17) is 5.73 Å². The number of aromatic nitrogens is 1. The fraction of sp³-hybridized carbons (Fsp3) is 0.357. The minimum Gasteiger partial charge on any atom is -0.398 e.